The largest absolute Gasteiger partial charge is 0.437 e. The molecular formula is C12H5F13O3S. The topological polar surface area (TPSA) is 54.4 Å². The molecule has 1 atom stereocenters. The molecule has 0 bridgehead atoms. The fraction of sp³-hybridized carbons (Fsp3) is 0.500. The van der Waals surface area contributed by atoms with Gasteiger partial charge in [0.1, 0.15) is 0 Å². The molecule has 0 aliphatic rings. The Morgan fingerprint density at radius 2 is 0.966 bits per heavy atom. The number of halogens is 13. The van der Waals surface area contributed by atoms with Crippen molar-refractivity contribution in [1.29, 1.82) is 0 Å². The Balaban J connectivity index is 3.96. The van der Waals surface area contributed by atoms with E-state index in [1.807, 2.05) is 0 Å². The molecule has 29 heavy (non-hydrogen) atoms. The maximum Gasteiger partial charge on any atom is 0.437 e. The molecule has 3 nitrogen and oxygen atoms in total. The van der Waals surface area contributed by atoms with Crippen LogP contribution in [0.4, 0.5) is 57.1 Å². The third-order valence-corrected chi connectivity index (χ3v) is 4.46. The van der Waals surface area contributed by atoms with Crippen molar-refractivity contribution in [3.63, 3.8) is 0 Å². The standard InChI is InChI=1S/C12H5F13O3S/c13-7(10(17,18)19,5-1-3-6(4-2-5)29(26,27)28)9(15,16)8(14,11(20,21)22)12(23,24)25/h1-4H,(H,26,27,28). The molecule has 1 N–H and O–H groups in total. The number of hydrogen-bond acceptors (Lipinski definition) is 2. The van der Waals surface area contributed by atoms with Crippen LogP contribution in [0, 0.1) is 0 Å². The van der Waals surface area contributed by atoms with E-state index in [1.165, 1.54) is 0 Å². The van der Waals surface area contributed by atoms with Gasteiger partial charge >= 0.3 is 30.1 Å². The fourth-order valence-corrected chi connectivity index (χ4v) is 2.61. The van der Waals surface area contributed by atoms with Crippen molar-refractivity contribution in [3.05, 3.63) is 29.8 Å². The minimum absolute atomic E-state index is 0.234. The summed E-state index contributed by atoms with van der Waals surface area (Å²) in [5.41, 5.74) is -17.6. The predicted molar refractivity (Wildman–Crippen MR) is 66.0 cm³/mol. The molecule has 0 fully saturated rings. The Kier molecular flexibility index (Phi) is 5.76. The Morgan fingerprint density at radius 3 is 1.21 bits per heavy atom. The van der Waals surface area contributed by atoms with Gasteiger partial charge < -0.3 is 0 Å². The van der Waals surface area contributed by atoms with E-state index in [0.717, 1.165) is 0 Å². The van der Waals surface area contributed by atoms with Crippen LogP contribution in [0.15, 0.2) is 29.2 Å². The van der Waals surface area contributed by atoms with Gasteiger partial charge in [0.2, 0.25) is 0 Å². The summed E-state index contributed by atoms with van der Waals surface area (Å²) in [5, 5.41) is 0. The zero-order valence-electron chi connectivity index (χ0n) is 12.9. The lowest BCUT2D eigenvalue weighted by Gasteiger charge is -2.43. The number of rotatable bonds is 4. The monoisotopic (exact) mass is 476 g/mol. The van der Waals surface area contributed by atoms with Gasteiger partial charge in [-0.1, -0.05) is 12.1 Å². The van der Waals surface area contributed by atoms with Crippen molar-refractivity contribution >= 4 is 10.1 Å². The highest BCUT2D eigenvalue weighted by Gasteiger charge is 2.93. The molecule has 0 aliphatic carbocycles. The van der Waals surface area contributed by atoms with E-state index >= 15 is 0 Å². The second-order valence-electron chi connectivity index (χ2n) is 5.38. The summed E-state index contributed by atoms with van der Waals surface area (Å²) in [6, 6.07) is -1.67. The van der Waals surface area contributed by atoms with Crippen LogP contribution in [0.25, 0.3) is 0 Å². The first kappa shape index (κ1) is 25.3. The molecule has 0 amide bonds. The zero-order valence-corrected chi connectivity index (χ0v) is 13.7. The molecule has 0 aliphatic heterocycles. The molecule has 1 aromatic carbocycles. The average molecular weight is 476 g/mol. The predicted octanol–water partition coefficient (Wildman–Crippen LogP) is 5.13. The summed E-state index contributed by atoms with van der Waals surface area (Å²) in [7, 11) is -5.24. The van der Waals surface area contributed by atoms with Gasteiger partial charge in [0.15, 0.2) is 0 Å². The smallest absolute Gasteiger partial charge is 0.282 e. The minimum Gasteiger partial charge on any atom is -0.282 e. The third-order valence-electron chi connectivity index (χ3n) is 3.59. The van der Waals surface area contributed by atoms with Crippen LogP contribution in [0.3, 0.4) is 0 Å². The van der Waals surface area contributed by atoms with Gasteiger partial charge in [0, 0.05) is 5.56 Å². The SMILES string of the molecule is O=S(=O)(O)c1ccc(C(F)(C(F)(F)F)C(F)(F)C(F)(C(F)(F)F)C(F)(F)F)cc1. The fourth-order valence-electron chi connectivity index (χ4n) is 2.13. The molecule has 0 saturated carbocycles. The van der Waals surface area contributed by atoms with Crippen LogP contribution >= 0.6 is 0 Å². The van der Waals surface area contributed by atoms with Crippen LogP contribution < -0.4 is 0 Å². The Morgan fingerprint density at radius 1 is 0.621 bits per heavy atom. The van der Waals surface area contributed by atoms with Crippen LogP contribution in [0.2, 0.25) is 0 Å². The zero-order chi connectivity index (χ0) is 23.5. The Bertz CT molecular complexity index is 837. The van der Waals surface area contributed by atoms with Gasteiger partial charge in [-0.3, -0.25) is 4.55 Å². The quantitative estimate of drug-likeness (QED) is 0.485. The van der Waals surface area contributed by atoms with Crippen LogP contribution in [-0.2, 0) is 15.8 Å². The molecule has 168 valence electrons. The first-order valence-corrected chi connectivity index (χ1v) is 7.94. The summed E-state index contributed by atoms with van der Waals surface area (Å²) < 4.78 is 200. The van der Waals surface area contributed by atoms with E-state index in [0.29, 0.717) is 0 Å². The highest BCUT2D eigenvalue weighted by Crippen LogP contribution is 2.64. The number of hydrogen-bond donors (Lipinski definition) is 1. The summed E-state index contributed by atoms with van der Waals surface area (Å²) >= 11 is 0. The molecule has 1 unspecified atom stereocenters. The maximum absolute atomic E-state index is 14.5. The summed E-state index contributed by atoms with van der Waals surface area (Å²) in [6.45, 7) is 0. The second kappa shape index (κ2) is 6.61. The molecule has 0 radical (unpaired) electrons. The molecule has 0 saturated heterocycles. The summed E-state index contributed by atoms with van der Waals surface area (Å²) in [4.78, 5) is -1.38. The van der Waals surface area contributed by atoms with E-state index in [-0.39, 0.29) is 12.1 Å². The molecule has 17 heteroatoms. The molecule has 0 heterocycles. The molecule has 1 rings (SSSR count). The Labute approximate surface area is 151 Å². The first-order chi connectivity index (χ1) is 12.5. The van der Waals surface area contributed by atoms with E-state index in [4.69, 9.17) is 4.55 Å². The van der Waals surface area contributed by atoms with Crippen molar-refractivity contribution in [2.24, 2.45) is 0 Å². The molecule has 1 aromatic rings. The highest BCUT2D eigenvalue weighted by atomic mass is 32.2. The first-order valence-electron chi connectivity index (χ1n) is 6.50. The molecule has 0 spiro atoms. The maximum atomic E-state index is 14.5. The van der Waals surface area contributed by atoms with Crippen LogP contribution in [0.1, 0.15) is 5.56 Å². The second-order valence-corrected chi connectivity index (χ2v) is 6.81. The third kappa shape index (κ3) is 3.62. The normalized spacial score (nSPS) is 17.2. The van der Waals surface area contributed by atoms with Crippen LogP contribution in [0.5, 0.6) is 0 Å². The lowest BCUT2D eigenvalue weighted by Crippen LogP contribution is -2.72. The van der Waals surface area contributed by atoms with Gasteiger partial charge in [-0.2, -0.15) is 56.7 Å². The van der Waals surface area contributed by atoms with Gasteiger partial charge in [-0.05, 0) is 12.1 Å². The van der Waals surface area contributed by atoms with Crippen molar-refractivity contribution in [2.45, 2.75) is 40.7 Å². The minimum atomic E-state index is -8.00. The van der Waals surface area contributed by atoms with Gasteiger partial charge in [-0.25, -0.2) is 8.78 Å². The number of alkyl halides is 13. The Hall–Kier alpha value is -1.78. The molecule has 0 aromatic heterocycles. The van der Waals surface area contributed by atoms with Crippen molar-refractivity contribution < 1.29 is 70.0 Å². The lowest BCUT2D eigenvalue weighted by atomic mass is 9.78. The molecular weight excluding hydrogens is 471 g/mol. The van der Waals surface area contributed by atoms with E-state index in [2.05, 4.69) is 0 Å². The van der Waals surface area contributed by atoms with Crippen molar-refractivity contribution in [1.82, 2.24) is 0 Å². The highest BCUT2D eigenvalue weighted by molar-refractivity contribution is 7.85. The lowest BCUT2D eigenvalue weighted by molar-refractivity contribution is -0.439. The van der Waals surface area contributed by atoms with Gasteiger partial charge in [0.25, 0.3) is 15.8 Å². The number of benzene rings is 1. The van der Waals surface area contributed by atoms with Gasteiger partial charge in [-0.15, -0.1) is 0 Å². The van der Waals surface area contributed by atoms with Crippen molar-refractivity contribution in [2.75, 3.05) is 0 Å². The average Bonchev–Trinajstić information content (AvgIpc) is 2.48. The van der Waals surface area contributed by atoms with E-state index in [9.17, 15) is 65.5 Å². The van der Waals surface area contributed by atoms with Crippen LogP contribution in [-0.4, -0.2) is 43.1 Å². The van der Waals surface area contributed by atoms with Crippen molar-refractivity contribution in [3.8, 4) is 0 Å². The van der Waals surface area contributed by atoms with Gasteiger partial charge in [0.05, 0.1) is 4.90 Å². The summed E-state index contributed by atoms with van der Waals surface area (Å²) in [6.07, 6.45) is -22.8. The van der Waals surface area contributed by atoms with E-state index in [1.54, 1.807) is 0 Å². The summed E-state index contributed by atoms with van der Waals surface area (Å²) in [5.74, 6) is -7.88. The van der Waals surface area contributed by atoms with E-state index < -0.39 is 68.5 Å².